The van der Waals surface area contributed by atoms with Gasteiger partial charge >= 0.3 is 0 Å². The summed E-state index contributed by atoms with van der Waals surface area (Å²) < 4.78 is 0. The lowest BCUT2D eigenvalue weighted by atomic mass is 9.48. The second-order valence-corrected chi connectivity index (χ2v) is 9.04. The largest absolute Gasteiger partial charge is 0.508 e. The van der Waals surface area contributed by atoms with Gasteiger partial charge in [0.05, 0.1) is 17.7 Å². The van der Waals surface area contributed by atoms with Crippen molar-refractivity contribution in [3.63, 3.8) is 0 Å². The van der Waals surface area contributed by atoms with Gasteiger partial charge in [-0.1, -0.05) is 19.9 Å². The van der Waals surface area contributed by atoms with Crippen molar-refractivity contribution in [2.75, 3.05) is 13.6 Å². The number of amides is 1. The lowest BCUT2D eigenvalue weighted by Gasteiger charge is -2.65. The Balaban J connectivity index is 1.78. The predicted molar refractivity (Wildman–Crippen MR) is 101 cm³/mol. The minimum Gasteiger partial charge on any atom is -0.508 e. The van der Waals surface area contributed by atoms with E-state index < -0.39 is 23.2 Å². The fourth-order valence-corrected chi connectivity index (χ4v) is 5.70. The molecule has 148 valence electrons. The van der Waals surface area contributed by atoms with Crippen molar-refractivity contribution >= 4 is 5.91 Å². The van der Waals surface area contributed by atoms with Crippen LogP contribution in [0.1, 0.15) is 44.2 Å². The summed E-state index contributed by atoms with van der Waals surface area (Å²) in [5.74, 6) is -0.0903. The van der Waals surface area contributed by atoms with Crippen LogP contribution < -0.4 is 5.32 Å². The van der Waals surface area contributed by atoms with Crippen molar-refractivity contribution in [3.8, 4) is 5.75 Å². The number of likely N-dealkylation sites (N-methyl/N-ethyl adjacent to an activating group) is 1. The number of aromatic hydroxyl groups is 1. The molecule has 4 N–H and O–H groups in total. The number of hydrogen-bond acceptors (Lipinski definition) is 5. The summed E-state index contributed by atoms with van der Waals surface area (Å²) in [6.45, 7) is 4.48. The van der Waals surface area contributed by atoms with Gasteiger partial charge < -0.3 is 25.5 Å². The van der Waals surface area contributed by atoms with E-state index in [0.29, 0.717) is 19.3 Å². The maximum atomic E-state index is 12.2. The number of benzene rings is 1. The molecule has 6 nitrogen and oxygen atoms in total. The molecule has 0 radical (unpaired) electrons. The number of aliphatic hydroxyl groups is 2. The number of hydrogen-bond donors (Lipinski definition) is 4. The molecule has 2 bridgehead atoms. The molecule has 5 unspecified atom stereocenters. The molecule has 2 aliphatic carbocycles. The highest BCUT2D eigenvalue weighted by molar-refractivity contribution is 5.78. The SMILES string of the molecule is CC(C)C(=O)NC1CC2(O)C3Cc4ccc(O)cc4C2(CCN3C)CC1O. The van der Waals surface area contributed by atoms with Gasteiger partial charge in [-0.15, -0.1) is 0 Å². The number of aliphatic hydroxyl groups excluding tert-OH is 1. The highest BCUT2D eigenvalue weighted by Gasteiger charge is 2.66. The molecule has 1 heterocycles. The second-order valence-electron chi connectivity index (χ2n) is 9.04. The predicted octanol–water partition coefficient (Wildman–Crippen LogP) is 0.917. The van der Waals surface area contributed by atoms with Gasteiger partial charge in [-0.3, -0.25) is 4.79 Å². The number of carbonyl (C=O) groups excluding carboxylic acids is 1. The van der Waals surface area contributed by atoms with Crippen LogP contribution in [-0.4, -0.2) is 63.5 Å². The number of fused-ring (bicyclic) bond motifs is 1. The van der Waals surface area contributed by atoms with Gasteiger partial charge in [0.25, 0.3) is 0 Å². The van der Waals surface area contributed by atoms with Crippen molar-refractivity contribution in [2.45, 2.75) is 68.7 Å². The van der Waals surface area contributed by atoms with Crippen molar-refractivity contribution < 1.29 is 20.1 Å². The fraction of sp³-hybridized carbons (Fsp3) is 0.667. The number of phenolic OH excluding ortho intramolecular Hbond substituents is 1. The number of phenols is 1. The molecule has 1 aromatic carbocycles. The standard InChI is InChI=1S/C21H30N2O4/c1-12(2)19(26)22-16-10-21(27)18-8-13-4-5-14(24)9-15(13)20(21,11-17(16)25)6-7-23(18)3/h4-5,9,12,16-18,24-25,27H,6-8,10-11H2,1-3H3,(H,22,26). The highest BCUT2D eigenvalue weighted by Crippen LogP contribution is 2.58. The Kier molecular flexibility index (Phi) is 4.29. The number of nitrogens with one attached hydrogen (secondary N) is 1. The number of nitrogens with zero attached hydrogens (tertiary/aromatic N) is 1. The van der Waals surface area contributed by atoms with E-state index in [1.807, 2.05) is 27.0 Å². The van der Waals surface area contributed by atoms with E-state index in [4.69, 9.17) is 0 Å². The van der Waals surface area contributed by atoms with E-state index in [-0.39, 0.29) is 23.6 Å². The third-order valence-electron chi connectivity index (χ3n) is 7.23. The molecule has 4 rings (SSSR count). The molecule has 27 heavy (non-hydrogen) atoms. The molecule has 3 aliphatic rings. The van der Waals surface area contributed by atoms with E-state index in [1.165, 1.54) is 0 Å². The molecule has 5 atom stereocenters. The molecule has 1 aliphatic heterocycles. The first-order valence-corrected chi connectivity index (χ1v) is 9.91. The summed E-state index contributed by atoms with van der Waals surface area (Å²) in [5.41, 5.74) is 0.428. The van der Waals surface area contributed by atoms with E-state index in [2.05, 4.69) is 10.2 Å². The van der Waals surface area contributed by atoms with Gasteiger partial charge in [0.1, 0.15) is 5.75 Å². The highest BCUT2D eigenvalue weighted by atomic mass is 16.3. The van der Waals surface area contributed by atoms with Crippen molar-refractivity contribution in [1.82, 2.24) is 10.2 Å². The third-order valence-corrected chi connectivity index (χ3v) is 7.23. The normalized spacial score (nSPS) is 38.2. The molecule has 1 amide bonds. The zero-order chi connectivity index (χ0) is 19.6. The van der Waals surface area contributed by atoms with Crippen LogP contribution in [0, 0.1) is 5.92 Å². The first kappa shape index (κ1) is 18.7. The minimum atomic E-state index is -1.06. The summed E-state index contributed by atoms with van der Waals surface area (Å²) in [4.78, 5) is 14.4. The summed E-state index contributed by atoms with van der Waals surface area (Å²) in [7, 11) is 2.03. The Bertz CT molecular complexity index is 767. The van der Waals surface area contributed by atoms with E-state index in [0.717, 1.165) is 24.1 Å². The number of likely N-dealkylation sites (tertiary alicyclic amines) is 1. The Morgan fingerprint density at radius 2 is 2.07 bits per heavy atom. The average molecular weight is 374 g/mol. The fourth-order valence-electron chi connectivity index (χ4n) is 5.70. The average Bonchev–Trinajstić information content (AvgIpc) is 2.60. The van der Waals surface area contributed by atoms with Crippen LogP contribution in [0.2, 0.25) is 0 Å². The van der Waals surface area contributed by atoms with E-state index in [9.17, 15) is 20.1 Å². The Morgan fingerprint density at radius 1 is 1.33 bits per heavy atom. The zero-order valence-corrected chi connectivity index (χ0v) is 16.3. The molecular weight excluding hydrogens is 344 g/mol. The summed E-state index contributed by atoms with van der Waals surface area (Å²) in [5, 5.41) is 36.0. The smallest absolute Gasteiger partial charge is 0.222 e. The Morgan fingerprint density at radius 3 is 2.78 bits per heavy atom. The molecule has 1 saturated heterocycles. The second kappa shape index (κ2) is 6.19. The van der Waals surface area contributed by atoms with Crippen LogP contribution in [-0.2, 0) is 16.6 Å². The van der Waals surface area contributed by atoms with Gasteiger partial charge in [0, 0.05) is 23.8 Å². The van der Waals surface area contributed by atoms with Crippen molar-refractivity contribution in [2.24, 2.45) is 5.92 Å². The monoisotopic (exact) mass is 374 g/mol. The molecule has 0 aromatic heterocycles. The number of carbonyl (C=O) groups is 1. The third kappa shape index (κ3) is 2.61. The number of rotatable bonds is 2. The quantitative estimate of drug-likeness (QED) is 0.618. The first-order chi connectivity index (χ1) is 12.7. The van der Waals surface area contributed by atoms with Crippen LogP contribution >= 0.6 is 0 Å². The van der Waals surface area contributed by atoms with Gasteiger partial charge in [0.15, 0.2) is 0 Å². The van der Waals surface area contributed by atoms with E-state index in [1.54, 1.807) is 12.1 Å². The van der Waals surface area contributed by atoms with Crippen LogP contribution in [0.25, 0.3) is 0 Å². The molecule has 0 spiro atoms. The van der Waals surface area contributed by atoms with Crippen molar-refractivity contribution in [3.05, 3.63) is 29.3 Å². The van der Waals surface area contributed by atoms with Crippen LogP contribution in [0.5, 0.6) is 5.75 Å². The maximum absolute atomic E-state index is 12.2. The molecule has 1 saturated carbocycles. The number of piperidine rings is 1. The van der Waals surface area contributed by atoms with Crippen LogP contribution in [0.15, 0.2) is 18.2 Å². The summed E-state index contributed by atoms with van der Waals surface area (Å²) >= 11 is 0. The van der Waals surface area contributed by atoms with E-state index >= 15 is 0 Å². The van der Waals surface area contributed by atoms with Crippen LogP contribution in [0.3, 0.4) is 0 Å². The molecule has 2 fully saturated rings. The lowest BCUT2D eigenvalue weighted by molar-refractivity contribution is -0.186. The Hall–Kier alpha value is -1.63. The topological polar surface area (TPSA) is 93.0 Å². The molecule has 6 heteroatoms. The van der Waals surface area contributed by atoms with Gasteiger partial charge in [-0.2, -0.15) is 0 Å². The molecule has 1 aromatic rings. The lowest BCUT2D eigenvalue weighted by Crippen LogP contribution is -2.76. The van der Waals surface area contributed by atoms with Crippen LogP contribution in [0.4, 0.5) is 0 Å². The maximum Gasteiger partial charge on any atom is 0.222 e. The van der Waals surface area contributed by atoms with Gasteiger partial charge in [0.2, 0.25) is 5.91 Å². The Labute approximate surface area is 160 Å². The summed E-state index contributed by atoms with van der Waals surface area (Å²) in [6.07, 6.45) is 1.38. The van der Waals surface area contributed by atoms with Gasteiger partial charge in [-0.05, 0) is 56.1 Å². The van der Waals surface area contributed by atoms with Gasteiger partial charge in [-0.25, -0.2) is 0 Å². The zero-order valence-electron chi connectivity index (χ0n) is 16.3. The molecular formula is C21H30N2O4. The van der Waals surface area contributed by atoms with Crippen molar-refractivity contribution in [1.29, 1.82) is 0 Å². The summed E-state index contributed by atoms with van der Waals surface area (Å²) in [6, 6.07) is 4.86. The minimum absolute atomic E-state index is 0.0748. The first-order valence-electron chi connectivity index (χ1n) is 9.91.